The second-order valence-electron chi connectivity index (χ2n) is 35.4. The zero-order chi connectivity index (χ0) is 107. The quantitative estimate of drug-likeness (QED) is 0.0158. The summed E-state index contributed by atoms with van der Waals surface area (Å²) in [5.74, 6) is 1.37. The number of anilines is 1. The van der Waals surface area contributed by atoms with Crippen molar-refractivity contribution in [2.45, 2.75) is 274 Å². The number of amides is 1. The maximum atomic E-state index is 12.6. The first kappa shape index (κ1) is 119. The summed E-state index contributed by atoms with van der Waals surface area (Å²) in [6.45, 7) is 23.7. The lowest BCUT2D eigenvalue weighted by Crippen LogP contribution is -2.41. The standard InChI is InChI=1S/C21H19ClO2.C21H27N3O6.2C15H24N2O6.C14H22N2O7.C11H14N2O4.C4H10O2.4H2/c1-23-19-12-8-17(9-13-19)21(22,16-6-4-3-5-7-16)18-10-14-20(24-2)15-11-18;1-4-15-17(25)18(29-12-13(2)28-3)20(30-15)24-11-10-16(23-21(24)27)22-19(26)14-8-6-5-7-9-14;2*1-5-10-11(18)12(22-7-9(3)21-4)14(23-10)17-6-8(2)13(19)16-15(17)20;1-7-4-16(14(20)15-12(7)19)13-11(22-6-8(2)21-3)10(18)9(5-17)23-13;1-3-6-7(14)8-10(16-6)13-4-5(2)9(15)12-11(13)17-8;1-4(3-5)6-2;;;;/h3-15H,1-2H3;5-11,13,15,17-18,20,25H,4,12H2,1-3H3,(H,22,23,26,27);2*6,9-12,14,18H,5,7H2,1-4H3,(H,16,19,20);4,8-11,13,17-18H,5-6H2,1-3H3,(H,15,19,20);4,6-8,10,14H,3H2,1-2H3;4-5H,3H2,1-2H3;4*1H/t;13?,15-,17+,18?,20-;2*9?,10-,11+,12?,14-;8?,9-,10+,11?,13-;6-,7+,8?,10-;;;;;/m.11111...../s1. The summed E-state index contributed by atoms with van der Waals surface area (Å²) in [6.07, 6.45) is -5.17. The van der Waals surface area contributed by atoms with Gasteiger partial charge < -0.3 is 122 Å². The fourth-order valence-electron chi connectivity index (χ4n) is 15.9. The number of benzene rings is 4. The second-order valence-corrected chi connectivity index (χ2v) is 36.0. The van der Waals surface area contributed by atoms with Crippen LogP contribution in [-0.4, -0.2) is 301 Å². The monoisotopic (exact) mass is 2080 g/mol. The smallest absolute Gasteiger partial charge is 0.351 e. The van der Waals surface area contributed by atoms with Gasteiger partial charge in [0.05, 0.1) is 109 Å². The Balaban J connectivity index is 0.000000312. The van der Waals surface area contributed by atoms with E-state index in [0.29, 0.717) is 47.1 Å². The molecular formula is C101H148ClN11O33. The number of H-pyrrole nitrogens is 3. The van der Waals surface area contributed by atoms with Gasteiger partial charge in [-0.2, -0.15) is 9.97 Å². The largest absolute Gasteiger partial charge is 0.497 e. The number of nitrogens with zero attached hydrogens (tertiary/aromatic N) is 7. The summed E-state index contributed by atoms with van der Waals surface area (Å²) < 4.78 is 99.5. The van der Waals surface area contributed by atoms with Crippen LogP contribution in [0.25, 0.3) is 0 Å². The first-order chi connectivity index (χ1) is 69.7. The Hall–Kier alpha value is -11.0. The normalized spacial score (nSPS) is 25.1. The van der Waals surface area contributed by atoms with Gasteiger partial charge in [-0.05, 0) is 147 Å². The average molecular weight is 2080 g/mol. The molecule has 45 heteroatoms. The fraction of sp³-hybridized carbons (Fsp3) is 0.554. The Morgan fingerprint density at radius 2 is 0.753 bits per heavy atom. The number of carbonyl (C=O) groups excluding carboxylic acids is 1. The van der Waals surface area contributed by atoms with Crippen LogP contribution in [0.3, 0.4) is 0 Å². The molecule has 1 amide bonds. The van der Waals surface area contributed by atoms with Crippen LogP contribution >= 0.6 is 11.6 Å². The fourth-order valence-corrected chi connectivity index (χ4v) is 16.3. The minimum atomic E-state index is -1.12. The molecule has 0 aliphatic carbocycles. The molecule has 11 N–H and O–H groups in total. The van der Waals surface area contributed by atoms with E-state index in [0.717, 1.165) is 39.2 Å². The van der Waals surface area contributed by atoms with E-state index in [1.54, 1.807) is 119 Å². The number of fused-ring (bicyclic) bond motifs is 3. The molecule has 44 nitrogen and oxygen atoms in total. The van der Waals surface area contributed by atoms with Crippen LogP contribution < -0.4 is 64.5 Å². The van der Waals surface area contributed by atoms with E-state index in [4.69, 9.17) is 92.5 Å². The van der Waals surface area contributed by atoms with Crippen molar-refractivity contribution in [3.05, 3.63) is 274 Å². The molecule has 15 rings (SSSR count). The molecule has 0 spiro atoms. The highest BCUT2D eigenvalue weighted by Crippen LogP contribution is 2.45. The highest BCUT2D eigenvalue weighted by Gasteiger charge is 2.53. The molecule has 5 saturated heterocycles. The highest BCUT2D eigenvalue weighted by molar-refractivity contribution is 6.28. The lowest BCUT2D eigenvalue weighted by molar-refractivity contribution is -0.0943. The molecule has 6 aliphatic rings. The zero-order valence-electron chi connectivity index (χ0n) is 85.6. The van der Waals surface area contributed by atoms with E-state index < -0.39 is 161 Å². The summed E-state index contributed by atoms with van der Waals surface area (Å²) in [5.41, 5.74) is 0.894. The van der Waals surface area contributed by atoms with Crippen LogP contribution in [0.2, 0.25) is 0 Å². The van der Waals surface area contributed by atoms with E-state index in [2.05, 4.69) is 35.0 Å². The third-order valence-corrected chi connectivity index (χ3v) is 25.8. The van der Waals surface area contributed by atoms with Gasteiger partial charge in [-0.25, -0.2) is 19.2 Å². The lowest BCUT2D eigenvalue weighted by Gasteiger charge is -2.29. The minimum Gasteiger partial charge on any atom is -0.497 e. The number of aromatic amines is 3. The van der Waals surface area contributed by atoms with Crippen LogP contribution in [0.15, 0.2) is 185 Å². The van der Waals surface area contributed by atoms with Crippen molar-refractivity contribution in [1.29, 1.82) is 0 Å². The van der Waals surface area contributed by atoms with Gasteiger partial charge in [0.15, 0.2) is 37.2 Å². The predicted octanol–water partition coefficient (Wildman–Crippen LogP) is 6.18. The highest BCUT2D eigenvalue weighted by atomic mass is 35.5. The van der Waals surface area contributed by atoms with Crippen molar-refractivity contribution in [3.63, 3.8) is 0 Å². The first-order valence-corrected chi connectivity index (χ1v) is 48.3. The van der Waals surface area contributed by atoms with Gasteiger partial charge in [-0.1, -0.05) is 100 Å². The Labute approximate surface area is 854 Å². The molecule has 4 aromatic carbocycles. The zero-order valence-corrected chi connectivity index (χ0v) is 86.4. The molecule has 0 bridgehead atoms. The van der Waals surface area contributed by atoms with Gasteiger partial charge in [-0.3, -0.25) is 61.8 Å². The second kappa shape index (κ2) is 56.4. The molecule has 25 atom stereocenters. The van der Waals surface area contributed by atoms with Gasteiger partial charge >= 0.3 is 28.8 Å². The lowest BCUT2D eigenvalue weighted by atomic mass is 9.84. The van der Waals surface area contributed by atoms with Gasteiger partial charge in [0, 0.05) is 100 Å². The summed E-state index contributed by atoms with van der Waals surface area (Å²) in [7, 11) is 11.1. The third kappa shape index (κ3) is 30.0. The van der Waals surface area contributed by atoms with Crippen LogP contribution in [0.4, 0.5) is 5.82 Å². The van der Waals surface area contributed by atoms with Gasteiger partial charge in [0.2, 0.25) is 0 Å². The number of carbonyl (C=O) groups is 1. The van der Waals surface area contributed by atoms with Crippen LogP contribution in [-0.2, 0) is 71.2 Å². The van der Waals surface area contributed by atoms with E-state index in [-0.39, 0.29) is 105 Å². The Kier molecular flexibility index (Phi) is 45.8. The summed E-state index contributed by atoms with van der Waals surface area (Å²) in [5, 5.41) is 71.7. The Bertz CT molecular complexity index is 5780. The van der Waals surface area contributed by atoms with E-state index in [1.165, 1.54) is 51.7 Å². The van der Waals surface area contributed by atoms with Crippen LogP contribution in [0.1, 0.15) is 174 Å². The van der Waals surface area contributed by atoms with Crippen molar-refractivity contribution in [1.82, 2.24) is 47.8 Å². The summed E-state index contributed by atoms with van der Waals surface area (Å²) in [4.78, 5) is 121. The number of aliphatic hydroxyl groups is 7. The molecule has 5 aromatic heterocycles. The van der Waals surface area contributed by atoms with Crippen molar-refractivity contribution in [2.24, 2.45) is 0 Å². The number of hydrogen-bond acceptors (Lipinski definition) is 35. The topological polar surface area (TPSA) is 562 Å². The maximum absolute atomic E-state index is 12.6. The van der Waals surface area contributed by atoms with Crippen molar-refractivity contribution < 1.29 is 127 Å². The average Bonchev–Trinajstić information content (AvgIpc) is 1.61. The predicted molar refractivity (Wildman–Crippen MR) is 542 cm³/mol. The number of ether oxygens (including phenoxy) is 17. The van der Waals surface area contributed by atoms with E-state index >= 15 is 0 Å². The number of alkyl halides is 1. The number of aryl methyl sites for hydroxylation is 4. The Morgan fingerprint density at radius 1 is 0.425 bits per heavy atom. The SMILES string of the molecule is CC[C@H]1O[C@@H](n2cc(C)c(=O)[nH]c2=O)C(OCC(C)OC)[C@H]1O.CC[C@H]1O[C@@H](n2cc(C)c(=O)[nH]c2=O)C(OCC(C)OC)[C@H]1O.CC[C@H]1O[C@@H](n2ccc(NC(=O)c3ccccc3)nc2=O)C(OCC(C)OC)[C@H]1O.CC[C@H]1O[C@@H]2C(Oc3nc(=O)c(C)cn32)[C@H]1O.COC(C)CO.COC(C)COC1[C@@H](O)[C@@H](CO)O[C@H]1n1cc(C)c(=O)[nH]c1=O.COc1ccc(C(Cl)(c2ccccc2)c2ccc(OC)cc2)cc1.[HH].[HH].[HH].[HH]. The minimum absolute atomic E-state index is 0. The number of methoxy groups -OCH3 is 7. The molecule has 0 radical (unpaired) electrons. The Morgan fingerprint density at radius 3 is 1.09 bits per heavy atom. The molecule has 10 unspecified atom stereocenters. The molecule has 11 heterocycles. The molecule has 5 fully saturated rings. The number of nitrogens with one attached hydrogen (secondary N) is 4. The number of aliphatic hydroxyl groups excluding tert-OH is 7. The third-order valence-electron chi connectivity index (χ3n) is 25.1. The molecule has 9 aromatic rings. The van der Waals surface area contributed by atoms with Crippen molar-refractivity contribution >= 4 is 23.3 Å². The number of aromatic nitrogens is 10. The van der Waals surface area contributed by atoms with Crippen molar-refractivity contribution in [2.75, 3.05) is 94.7 Å². The van der Waals surface area contributed by atoms with E-state index in [1.807, 2.05) is 133 Å². The van der Waals surface area contributed by atoms with Crippen LogP contribution in [0, 0.1) is 27.7 Å². The van der Waals surface area contributed by atoms with Gasteiger partial charge in [0.25, 0.3) is 28.1 Å². The molecule has 146 heavy (non-hydrogen) atoms. The number of halogens is 1. The first-order valence-electron chi connectivity index (χ1n) is 47.9. The number of hydrogen-bond donors (Lipinski definition) is 11. The molecular weight excluding hydrogens is 1930 g/mol. The summed E-state index contributed by atoms with van der Waals surface area (Å²) in [6, 6.07) is 36.2. The van der Waals surface area contributed by atoms with Gasteiger partial charge in [-0.15, -0.1) is 11.6 Å². The summed E-state index contributed by atoms with van der Waals surface area (Å²) >= 11 is 7.22. The molecule has 0 saturated carbocycles. The van der Waals surface area contributed by atoms with Crippen molar-refractivity contribution in [3.8, 4) is 17.5 Å². The molecule has 6 aliphatic heterocycles. The van der Waals surface area contributed by atoms with Gasteiger partial charge in [0.1, 0.15) is 83.2 Å². The molecule has 812 valence electrons. The van der Waals surface area contributed by atoms with Crippen LogP contribution in [0.5, 0.6) is 17.5 Å². The van der Waals surface area contributed by atoms with E-state index in [9.17, 15) is 73.8 Å². The maximum Gasteiger partial charge on any atom is 0.351 e. The number of rotatable bonds is 34.